The molecule has 2 aromatic carbocycles. The fraction of sp³-hybridized carbons (Fsp3) is 0.278. The summed E-state index contributed by atoms with van der Waals surface area (Å²) in [6, 6.07) is 16.5. The molecule has 5 nitrogen and oxygen atoms in total. The second kappa shape index (κ2) is 7.05. The van der Waals surface area contributed by atoms with Gasteiger partial charge in [0.2, 0.25) is 0 Å². The van der Waals surface area contributed by atoms with Crippen molar-refractivity contribution in [3.63, 3.8) is 0 Å². The van der Waals surface area contributed by atoms with E-state index in [2.05, 4.69) is 39.1 Å². The molecule has 0 bridgehead atoms. The highest BCUT2D eigenvalue weighted by atomic mass is 16.5. The molecular formula is C18H22N4O. The van der Waals surface area contributed by atoms with Crippen LogP contribution < -0.4 is 20.3 Å². The van der Waals surface area contributed by atoms with Gasteiger partial charge in [-0.05, 0) is 48.5 Å². The van der Waals surface area contributed by atoms with Gasteiger partial charge in [-0.25, -0.2) is 4.99 Å². The summed E-state index contributed by atoms with van der Waals surface area (Å²) in [5, 5.41) is 0. The molecule has 2 aromatic rings. The van der Waals surface area contributed by atoms with Gasteiger partial charge in [-0.2, -0.15) is 0 Å². The molecule has 1 fully saturated rings. The average Bonchev–Trinajstić information content (AvgIpc) is 2.63. The van der Waals surface area contributed by atoms with Crippen LogP contribution in [0.5, 0.6) is 5.75 Å². The molecule has 0 unspecified atom stereocenters. The molecule has 0 aliphatic carbocycles. The fourth-order valence-electron chi connectivity index (χ4n) is 2.85. The summed E-state index contributed by atoms with van der Waals surface area (Å²) in [4.78, 5) is 8.88. The normalized spacial score (nSPS) is 15.2. The monoisotopic (exact) mass is 310 g/mol. The van der Waals surface area contributed by atoms with Crippen molar-refractivity contribution in [2.24, 2.45) is 10.7 Å². The maximum absolute atomic E-state index is 5.31. The zero-order valence-corrected chi connectivity index (χ0v) is 13.4. The molecular weight excluding hydrogens is 288 g/mol. The molecule has 0 radical (unpaired) electrons. The summed E-state index contributed by atoms with van der Waals surface area (Å²) in [7, 11) is 1.69. The number of piperazine rings is 1. The first kappa shape index (κ1) is 15.2. The molecule has 1 saturated heterocycles. The number of aliphatic imine (C=N–C) groups is 1. The van der Waals surface area contributed by atoms with Crippen molar-refractivity contribution in [3.8, 4) is 5.75 Å². The Bertz CT molecular complexity index is 644. The summed E-state index contributed by atoms with van der Waals surface area (Å²) >= 11 is 0. The number of benzene rings is 2. The third-order valence-electron chi connectivity index (χ3n) is 4.16. The highest BCUT2D eigenvalue weighted by Gasteiger charge is 2.17. The molecule has 120 valence electrons. The van der Waals surface area contributed by atoms with E-state index in [-0.39, 0.29) is 0 Å². The van der Waals surface area contributed by atoms with E-state index >= 15 is 0 Å². The van der Waals surface area contributed by atoms with Crippen LogP contribution in [-0.2, 0) is 0 Å². The lowest BCUT2D eigenvalue weighted by molar-refractivity contribution is 0.415. The predicted octanol–water partition coefficient (Wildman–Crippen LogP) is 2.64. The third-order valence-corrected chi connectivity index (χ3v) is 4.16. The lowest BCUT2D eigenvalue weighted by atomic mass is 10.2. The Kier molecular flexibility index (Phi) is 4.66. The van der Waals surface area contributed by atoms with Crippen LogP contribution in [0.4, 0.5) is 17.1 Å². The van der Waals surface area contributed by atoms with E-state index in [0.29, 0.717) is 0 Å². The summed E-state index contributed by atoms with van der Waals surface area (Å²) in [5.41, 5.74) is 8.68. The van der Waals surface area contributed by atoms with Crippen LogP contribution >= 0.6 is 0 Å². The Morgan fingerprint density at radius 3 is 1.78 bits per heavy atom. The van der Waals surface area contributed by atoms with Gasteiger partial charge in [-0.1, -0.05) is 0 Å². The second-order valence-corrected chi connectivity index (χ2v) is 5.47. The Labute approximate surface area is 137 Å². The highest BCUT2D eigenvalue weighted by Crippen LogP contribution is 2.24. The van der Waals surface area contributed by atoms with Gasteiger partial charge in [0.05, 0.1) is 19.1 Å². The highest BCUT2D eigenvalue weighted by molar-refractivity contribution is 5.61. The van der Waals surface area contributed by atoms with Gasteiger partial charge >= 0.3 is 0 Å². The maximum Gasteiger partial charge on any atom is 0.119 e. The van der Waals surface area contributed by atoms with Crippen LogP contribution in [0.1, 0.15) is 0 Å². The van der Waals surface area contributed by atoms with Crippen LogP contribution in [-0.4, -0.2) is 39.6 Å². The number of rotatable bonds is 4. The zero-order valence-electron chi connectivity index (χ0n) is 13.4. The first-order valence-corrected chi connectivity index (χ1v) is 7.78. The fourth-order valence-corrected chi connectivity index (χ4v) is 2.85. The summed E-state index contributed by atoms with van der Waals surface area (Å²) in [6.07, 6.45) is 1.32. The van der Waals surface area contributed by atoms with Crippen molar-refractivity contribution >= 4 is 23.4 Å². The van der Waals surface area contributed by atoms with Crippen molar-refractivity contribution in [2.45, 2.75) is 0 Å². The molecule has 3 rings (SSSR count). The van der Waals surface area contributed by atoms with E-state index in [9.17, 15) is 0 Å². The van der Waals surface area contributed by atoms with Crippen molar-refractivity contribution in [2.75, 3.05) is 43.1 Å². The zero-order chi connectivity index (χ0) is 16.1. The minimum absolute atomic E-state index is 0.883. The van der Waals surface area contributed by atoms with Crippen LogP contribution in [0, 0.1) is 0 Å². The van der Waals surface area contributed by atoms with Gasteiger partial charge in [0.1, 0.15) is 5.75 Å². The van der Waals surface area contributed by atoms with Crippen molar-refractivity contribution in [1.82, 2.24) is 0 Å². The Balaban J connectivity index is 1.61. The molecule has 1 aliphatic heterocycles. The first-order chi connectivity index (χ1) is 11.3. The lowest BCUT2D eigenvalue weighted by Gasteiger charge is -2.37. The minimum atomic E-state index is 0.883. The second-order valence-electron chi connectivity index (χ2n) is 5.47. The number of ether oxygens (including phenoxy) is 1. The van der Waals surface area contributed by atoms with E-state index in [0.717, 1.165) is 37.6 Å². The molecule has 0 spiro atoms. The van der Waals surface area contributed by atoms with Crippen molar-refractivity contribution < 1.29 is 4.74 Å². The first-order valence-electron chi connectivity index (χ1n) is 7.78. The lowest BCUT2D eigenvalue weighted by Crippen LogP contribution is -2.46. The van der Waals surface area contributed by atoms with E-state index in [1.807, 2.05) is 24.3 Å². The maximum atomic E-state index is 5.31. The van der Waals surface area contributed by atoms with Gasteiger partial charge in [0.25, 0.3) is 0 Å². The van der Waals surface area contributed by atoms with E-state index in [1.165, 1.54) is 17.7 Å². The largest absolute Gasteiger partial charge is 0.497 e. The molecule has 2 N–H and O–H groups in total. The number of methoxy groups -OCH3 is 1. The van der Waals surface area contributed by atoms with E-state index in [4.69, 9.17) is 10.5 Å². The number of nitrogens with zero attached hydrogens (tertiary/aromatic N) is 3. The summed E-state index contributed by atoms with van der Waals surface area (Å²) in [5.74, 6) is 0.896. The number of hydrogen-bond donors (Lipinski definition) is 1. The molecule has 1 heterocycles. The van der Waals surface area contributed by atoms with Gasteiger partial charge in [0, 0.05) is 37.6 Å². The third kappa shape index (κ3) is 3.56. The number of hydrogen-bond acceptors (Lipinski definition) is 4. The Morgan fingerprint density at radius 1 is 0.870 bits per heavy atom. The topological polar surface area (TPSA) is 54.1 Å². The summed E-state index contributed by atoms with van der Waals surface area (Å²) < 4.78 is 5.21. The molecule has 0 atom stereocenters. The smallest absolute Gasteiger partial charge is 0.119 e. The predicted molar refractivity (Wildman–Crippen MR) is 96.2 cm³/mol. The standard InChI is InChI=1S/C18H22N4O/c1-23-18-8-6-17(7-9-18)22-12-10-21(11-13-22)16-4-2-15(3-5-16)20-14-19/h2-9,14H,10-13H2,1H3,(H2,19,20). The van der Waals surface area contributed by atoms with Gasteiger partial charge in [-0.15, -0.1) is 0 Å². The number of nitrogens with two attached hydrogens (primary N) is 1. The average molecular weight is 310 g/mol. The van der Waals surface area contributed by atoms with Gasteiger partial charge in [0.15, 0.2) is 0 Å². The van der Waals surface area contributed by atoms with Crippen LogP contribution in [0.3, 0.4) is 0 Å². The Morgan fingerprint density at radius 2 is 1.35 bits per heavy atom. The van der Waals surface area contributed by atoms with Crippen molar-refractivity contribution in [1.29, 1.82) is 0 Å². The van der Waals surface area contributed by atoms with Crippen LogP contribution in [0.25, 0.3) is 0 Å². The quantitative estimate of drug-likeness (QED) is 0.697. The SMILES string of the molecule is COc1ccc(N2CCN(c3ccc(N=CN)cc3)CC2)cc1. The minimum Gasteiger partial charge on any atom is -0.497 e. The summed E-state index contributed by atoms with van der Waals surface area (Å²) in [6.45, 7) is 4.03. The Hall–Kier alpha value is -2.69. The molecule has 5 heteroatoms. The molecule has 1 aliphatic rings. The van der Waals surface area contributed by atoms with Crippen molar-refractivity contribution in [3.05, 3.63) is 48.5 Å². The number of anilines is 2. The molecule has 0 aromatic heterocycles. The van der Waals surface area contributed by atoms with E-state index < -0.39 is 0 Å². The van der Waals surface area contributed by atoms with Crippen LogP contribution in [0.15, 0.2) is 53.5 Å². The molecule has 0 saturated carbocycles. The van der Waals surface area contributed by atoms with E-state index in [1.54, 1.807) is 7.11 Å². The van der Waals surface area contributed by atoms with Crippen LogP contribution in [0.2, 0.25) is 0 Å². The van der Waals surface area contributed by atoms with Gasteiger partial charge < -0.3 is 20.3 Å². The molecule has 0 amide bonds. The molecule has 23 heavy (non-hydrogen) atoms. The van der Waals surface area contributed by atoms with Gasteiger partial charge in [-0.3, -0.25) is 0 Å².